The molecule has 0 bridgehead atoms. The number of guanidine groups is 1. The highest BCUT2D eigenvalue weighted by Crippen LogP contribution is 2.24. The van der Waals surface area contributed by atoms with Crippen molar-refractivity contribution < 1.29 is 4.79 Å². The first kappa shape index (κ1) is 22.3. The molecule has 5 nitrogen and oxygen atoms in total. The SMILES string of the molecule is CCNC(=NCCc1c(Cl)cccc1Cl)N1CCN(C(C)=O)CC1.I. The van der Waals surface area contributed by atoms with E-state index in [0.29, 0.717) is 23.0 Å². The third-order valence-corrected chi connectivity index (χ3v) is 4.75. The maximum atomic E-state index is 11.4. The number of halogens is 3. The Morgan fingerprint density at radius 2 is 1.72 bits per heavy atom. The van der Waals surface area contributed by atoms with E-state index >= 15 is 0 Å². The lowest BCUT2D eigenvalue weighted by Crippen LogP contribution is -2.53. The van der Waals surface area contributed by atoms with E-state index in [2.05, 4.69) is 10.2 Å². The molecule has 1 N–H and O–H groups in total. The van der Waals surface area contributed by atoms with Crippen molar-refractivity contribution in [1.82, 2.24) is 15.1 Å². The maximum absolute atomic E-state index is 11.4. The molecule has 0 atom stereocenters. The Kier molecular flexibility index (Phi) is 9.89. The van der Waals surface area contributed by atoms with Crippen LogP contribution in [0.2, 0.25) is 10.0 Å². The van der Waals surface area contributed by atoms with Crippen molar-refractivity contribution >= 4 is 59.0 Å². The van der Waals surface area contributed by atoms with Gasteiger partial charge < -0.3 is 15.1 Å². The highest BCUT2D eigenvalue weighted by Gasteiger charge is 2.20. The lowest BCUT2D eigenvalue weighted by molar-refractivity contribution is -0.130. The molecule has 1 aromatic carbocycles. The predicted molar refractivity (Wildman–Crippen MR) is 115 cm³/mol. The maximum Gasteiger partial charge on any atom is 0.219 e. The highest BCUT2D eigenvalue weighted by atomic mass is 127. The Morgan fingerprint density at radius 1 is 1.16 bits per heavy atom. The number of hydrogen-bond donors (Lipinski definition) is 1. The number of hydrogen-bond acceptors (Lipinski definition) is 2. The molecule has 8 heteroatoms. The summed E-state index contributed by atoms with van der Waals surface area (Å²) in [6.07, 6.45) is 0.695. The molecule has 0 saturated carbocycles. The number of amides is 1. The molecule has 0 aliphatic carbocycles. The Bertz CT molecular complexity index is 584. The van der Waals surface area contributed by atoms with E-state index in [9.17, 15) is 4.79 Å². The van der Waals surface area contributed by atoms with Crippen molar-refractivity contribution in [3.63, 3.8) is 0 Å². The van der Waals surface area contributed by atoms with Crippen molar-refractivity contribution in [3.05, 3.63) is 33.8 Å². The van der Waals surface area contributed by atoms with Gasteiger partial charge in [0.25, 0.3) is 0 Å². The minimum atomic E-state index is 0. The third-order valence-electron chi connectivity index (χ3n) is 4.04. The van der Waals surface area contributed by atoms with E-state index < -0.39 is 0 Å². The first-order valence-corrected chi connectivity index (χ1v) is 9.00. The van der Waals surface area contributed by atoms with E-state index in [1.807, 2.05) is 30.0 Å². The van der Waals surface area contributed by atoms with Gasteiger partial charge in [-0.1, -0.05) is 29.3 Å². The van der Waals surface area contributed by atoms with Crippen LogP contribution in [0.5, 0.6) is 0 Å². The van der Waals surface area contributed by atoms with Crippen molar-refractivity contribution in [2.24, 2.45) is 4.99 Å². The van der Waals surface area contributed by atoms with Crippen LogP contribution in [0.3, 0.4) is 0 Å². The summed E-state index contributed by atoms with van der Waals surface area (Å²) in [6.45, 7) is 8.12. The summed E-state index contributed by atoms with van der Waals surface area (Å²) in [4.78, 5) is 20.2. The van der Waals surface area contributed by atoms with Gasteiger partial charge in [0.15, 0.2) is 5.96 Å². The molecule has 0 radical (unpaired) electrons. The Labute approximate surface area is 176 Å². The van der Waals surface area contributed by atoms with Gasteiger partial charge in [0.1, 0.15) is 0 Å². The Hall–Kier alpha value is -0.730. The van der Waals surface area contributed by atoms with Crippen molar-refractivity contribution in [2.75, 3.05) is 39.3 Å². The second-order valence-electron chi connectivity index (χ2n) is 5.68. The zero-order valence-electron chi connectivity index (χ0n) is 14.6. The van der Waals surface area contributed by atoms with Crippen molar-refractivity contribution in [2.45, 2.75) is 20.3 Å². The average molecular weight is 499 g/mol. The van der Waals surface area contributed by atoms with Gasteiger partial charge in [-0.3, -0.25) is 9.79 Å². The summed E-state index contributed by atoms with van der Waals surface area (Å²) in [6, 6.07) is 5.54. The Balaban J connectivity index is 0.00000312. The van der Waals surface area contributed by atoms with Crippen LogP contribution >= 0.6 is 47.2 Å². The number of aliphatic imine (C=N–C) groups is 1. The number of nitrogens with one attached hydrogen (secondary N) is 1. The first-order chi connectivity index (χ1) is 11.5. The highest BCUT2D eigenvalue weighted by molar-refractivity contribution is 14.0. The average Bonchev–Trinajstić information content (AvgIpc) is 2.56. The van der Waals surface area contributed by atoms with Crippen LogP contribution in [0.15, 0.2) is 23.2 Å². The van der Waals surface area contributed by atoms with Gasteiger partial charge in [-0.25, -0.2) is 0 Å². The minimum Gasteiger partial charge on any atom is -0.357 e. The standard InChI is InChI=1S/C17H24Cl2N4O.HI/c1-3-20-17(23-11-9-22(10-12-23)13(2)24)21-8-7-14-15(18)5-4-6-16(14)19;/h4-6H,3,7-12H2,1-2H3,(H,20,21);1H. The fourth-order valence-corrected chi connectivity index (χ4v) is 3.29. The van der Waals surface area contributed by atoms with Gasteiger partial charge in [0, 0.05) is 56.2 Å². The molecule has 1 heterocycles. The monoisotopic (exact) mass is 498 g/mol. The molecule has 1 aromatic rings. The number of rotatable bonds is 4. The molecule has 0 unspecified atom stereocenters. The number of carbonyl (C=O) groups is 1. The number of benzene rings is 1. The van der Waals surface area contributed by atoms with Gasteiger partial charge in [-0.15, -0.1) is 24.0 Å². The molecule has 1 aliphatic heterocycles. The summed E-state index contributed by atoms with van der Waals surface area (Å²) < 4.78 is 0. The van der Waals surface area contributed by atoms with E-state index in [1.54, 1.807) is 6.92 Å². The molecular formula is C17H25Cl2IN4O. The smallest absolute Gasteiger partial charge is 0.219 e. The summed E-state index contributed by atoms with van der Waals surface area (Å²) in [5, 5.41) is 4.68. The second kappa shape index (κ2) is 11.1. The van der Waals surface area contributed by atoms with Crippen LogP contribution in [0.4, 0.5) is 0 Å². The van der Waals surface area contributed by atoms with Crippen molar-refractivity contribution in [3.8, 4) is 0 Å². The molecule has 2 rings (SSSR count). The second-order valence-corrected chi connectivity index (χ2v) is 6.49. The Morgan fingerprint density at radius 3 is 2.24 bits per heavy atom. The topological polar surface area (TPSA) is 47.9 Å². The predicted octanol–water partition coefficient (Wildman–Crippen LogP) is 3.28. The summed E-state index contributed by atoms with van der Waals surface area (Å²) in [7, 11) is 0. The largest absolute Gasteiger partial charge is 0.357 e. The lowest BCUT2D eigenvalue weighted by Gasteiger charge is -2.36. The van der Waals surface area contributed by atoms with E-state index in [1.165, 1.54) is 0 Å². The fourth-order valence-electron chi connectivity index (χ4n) is 2.70. The molecule has 1 fully saturated rings. The quantitative estimate of drug-likeness (QED) is 0.393. The van der Waals surface area contributed by atoms with Crippen LogP contribution < -0.4 is 5.32 Å². The number of piperazine rings is 1. The van der Waals surface area contributed by atoms with E-state index in [-0.39, 0.29) is 29.9 Å². The van der Waals surface area contributed by atoms with Crippen LogP contribution in [0, 0.1) is 0 Å². The first-order valence-electron chi connectivity index (χ1n) is 8.24. The molecule has 0 aromatic heterocycles. The lowest BCUT2D eigenvalue weighted by atomic mass is 10.1. The zero-order chi connectivity index (χ0) is 17.5. The minimum absolute atomic E-state index is 0. The van der Waals surface area contributed by atoms with Gasteiger partial charge in [-0.2, -0.15) is 0 Å². The number of carbonyl (C=O) groups excluding carboxylic acids is 1. The zero-order valence-corrected chi connectivity index (χ0v) is 18.4. The molecular weight excluding hydrogens is 474 g/mol. The fraction of sp³-hybridized carbons (Fsp3) is 0.529. The molecule has 1 amide bonds. The van der Waals surface area contributed by atoms with E-state index in [4.69, 9.17) is 28.2 Å². The molecule has 1 saturated heterocycles. The normalized spacial score (nSPS) is 15.0. The van der Waals surface area contributed by atoms with Crippen LogP contribution in [-0.4, -0.2) is 60.9 Å². The van der Waals surface area contributed by atoms with Crippen LogP contribution in [0.1, 0.15) is 19.4 Å². The summed E-state index contributed by atoms with van der Waals surface area (Å²) in [5.41, 5.74) is 0.932. The van der Waals surface area contributed by atoms with E-state index in [0.717, 1.165) is 44.2 Å². The third kappa shape index (κ3) is 6.49. The van der Waals surface area contributed by atoms with Gasteiger partial charge in [0.05, 0.1) is 0 Å². The van der Waals surface area contributed by atoms with Gasteiger partial charge in [0.2, 0.25) is 5.91 Å². The molecule has 1 aliphatic rings. The molecule has 0 spiro atoms. The van der Waals surface area contributed by atoms with Crippen molar-refractivity contribution in [1.29, 1.82) is 0 Å². The van der Waals surface area contributed by atoms with Gasteiger partial charge >= 0.3 is 0 Å². The van der Waals surface area contributed by atoms with Crippen LogP contribution in [-0.2, 0) is 11.2 Å². The molecule has 140 valence electrons. The summed E-state index contributed by atoms with van der Waals surface area (Å²) >= 11 is 12.4. The molecule has 25 heavy (non-hydrogen) atoms. The van der Waals surface area contributed by atoms with Gasteiger partial charge in [-0.05, 0) is 31.0 Å². The van der Waals surface area contributed by atoms with Crippen LogP contribution in [0.25, 0.3) is 0 Å². The number of nitrogens with zero attached hydrogens (tertiary/aromatic N) is 3. The summed E-state index contributed by atoms with van der Waals surface area (Å²) in [5.74, 6) is 1.01.